The molecular weight excluding hydrogens is 310 g/mol. The smallest absolute Gasteiger partial charge is 0.137 e. The van der Waals surface area contributed by atoms with Gasteiger partial charge >= 0.3 is 0 Å². The molecule has 4 nitrogen and oxygen atoms in total. The van der Waals surface area contributed by atoms with Crippen molar-refractivity contribution in [2.45, 2.75) is 6.61 Å². The number of benzene rings is 1. The zero-order valence-electron chi connectivity index (χ0n) is 10.3. The van der Waals surface area contributed by atoms with Crippen LogP contribution >= 0.6 is 15.9 Å². The maximum Gasteiger partial charge on any atom is 0.137 e. The van der Waals surface area contributed by atoms with E-state index in [9.17, 15) is 0 Å². The molecule has 1 aromatic carbocycles. The first-order valence-electron chi connectivity index (χ1n) is 5.85. The molecule has 0 aliphatic heterocycles. The molecule has 0 radical (unpaired) electrons. The van der Waals surface area contributed by atoms with Crippen LogP contribution in [0.2, 0.25) is 0 Å². The first-order valence-corrected chi connectivity index (χ1v) is 6.64. The third kappa shape index (κ3) is 4.54. The van der Waals surface area contributed by atoms with Gasteiger partial charge in [-0.3, -0.25) is 4.98 Å². The molecule has 0 amide bonds. The Hall–Kier alpha value is -1.59. The highest BCUT2D eigenvalue weighted by atomic mass is 79.9. The summed E-state index contributed by atoms with van der Waals surface area (Å²) in [7, 11) is 0. The van der Waals surface area contributed by atoms with Crippen molar-refractivity contribution in [2.24, 2.45) is 0 Å². The van der Waals surface area contributed by atoms with Crippen LogP contribution in [0.3, 0.4) is 0 Å². The molecule has 0 aliphatic rings. The summed E-state index contributed by atoms with van der Waals surface area (Å²) in [6, 6.07) is 11.2. The van der Waals surface area contributed by atoms with E-state index in [4.69, 9.17) is 14.6 Å². The van der Waals surface area contributed by atoms with Crippen LogP contribution in [0.15, 0.2) is 47.1 Å². The maximum absolute atomic E-state index is 8.86. The van der Waals surface area contributed by atoms with Gasteiger partial charge in [-0.25, -0.2) is 0 Å². The van der Waals surface area contributed by atoms with E-state index in [1.165, 1.54) is 0 Å². The average Bonchev–Trinajstić information content (AvgIpc) is 2.44. The van der Waals surface area contributed by atoms with Gasteiger partial charge in [-0.1, -0.05) is 22.0 Å². The van der Waals surface area contributed by atoms with E-state index < -0.39 is 0 Å². The lowest BCUT2D eigenvalue weighted by Gasteiger charge is -2.08. The SMILES string of the molecule is OCc1ccc(OCCOc2cccc(Br)c2)cn1. The van der Waals surface area contributed by atoms with Crippen molar-refractivity contribution in [1.29, 1.82) is 0 Å². The minimum atomic E-state index is -0.0632. The second-order valence-electron chi connectivity index (χ2n) is 3.80. The number of aliphatic hydroxyl groups is 1. The molecule has 1 N–H and O–H groups in total. The fraction of sp³-hybridized carbons (Fsp3) is 0.214. The molecule has 0 saturated carbocycles. The van der Waals surface area contributed by atoms with Gasteiger partial charge in [0.15, 0.2) is 0 Å². The van der Waals surface area contributed by atoms with Crippen molar-refractivity contribution in [1.82, 2.24) is 4.98 Å². The Balaban J connectivity index is 1.74. The van der Waals surface area contributed by atoms with Gasteiger partial charge in [-0.15, -0.1) is 0 Å². The summed E-state index contributed by atoms with van der Waals surface area (Å²) in [5, 5.41) is 8.86. The molecule has 1 aromatic heterocycles. The van der Waals surface area contributed by atoms with Crippen molar-refractivity contribution < 1.29 is 14.6 Å². The Labute approximate surface area is 120 Å². The number of aromatic nitrogens is 1. The number of hydrogen-bond acceptors (Lipinski definition) is 4. The Bertz CT molecular complexity index is 516. The molecular formula is C14H14BrNO3. The average molecular weight is 324 g/mol. The summed E-state index contributed by atoms with van der Waals surface area (Å²) >= 11 is 3.38. The third-order valence-corrected chi connectivity index (χ3v) is 2.87. The quantitative estimate of drug-likeness (QED) is 0.830. The molecule has 0 unspecified atom stereocenters. The summed E-state index contributed by atoms with van der Waals surface area (Å²) in [4.78, 5) is 4.02. The van der Waals surface area contributed by atoms with Crippen LogP contribution < -0.4 is 9.47 Å². The van der Waals surface area contributed by atoms with Crippen molar-refractivity contribution >= 4 is 15.9 Å². The molecule has 0 bridgehead atoms. The fourth-order valence-electron chi connectivity index (χ4n) is 1.47. The standard InChI is InChI=1S/C14H14BrNO3/c15-11-2-1-3-13(8-11)18-6-7-19-14-5-4-12(10-17)16-9-14/h1-5,8-9,17H,6-7,10H2. The first-order chi connectivity index (χ1) is 9.28. The van der Waals surface area contributed by atoms with Crippen molar-refractivity contribution in [2.75, 3.05) is 13.2 Å². The van der Waals surface area contributed by atoms with Gasteiger partial charge in [0, 0.05) is 4.47 Å². The van der Waals surface area contributed by atoms with E-state index in [1.807, 2.05) is 24.3 Å². The number of ether oxygens (including phenoxy) is 2. The summed E-state index contributed by atoms with van der Waals surface area (Å²) in [6.45, 7) is 0.831. The summed E-state index contributed by atoms with van der Waals surface area (Å²) < 4.78 is 12.0. The molecule has 0 atom stereocenters. The van der Waals surface area contributed by atoms with Crippen LogP contribution in [-0.4, -0.2) is 23.3 Å². The normalized spacial score (nSPS) is 10.2. The molecule has 0 saturated heterocycles. The second-order valence-corrected chi connectivity index (χ2v) is 4.71. The van der Waals surface area contributed by atoms with Gasteiger partial charge in [0.05, 0.1) is 18.5 Å². The lowest BCUT2D eigenvalue weighted by Crippen LogP contribution is -2.09. The fourth-order valence-corrected chi connectivity index (χ4v) is 1.84. The number of hydrogen-bond donors (Lipinski definition) is 1. The first kappa shape index (κ1) is 13.8. The molecule has 19 heavy (non-hydrogen) atoms. The van der Waals surface area contributed by atoms with Gasteiger partial charge in [0.25, 0.3) is 0 Å². The van der Waals surface area contributed by atoms with Crippen molar-refractivity contribution in [3.63, 3.8) is 0 Å². The monoisotopic (exact) mass is 323 g/mol. The Kier molecular flexibility index (Phi) is 5.18. The highest BCUT2D eigenvalue weighted by molar-refractivity contribution is 9.10. The van der Waals surface area contributed by atoms with E-state index >= 15 is 0 Å². The maximum atomic E-state index is 8.86. The highest BCUT2D eigenvalue weighted by Crippen LogP contribution is 2.17. The minimum absolute atomic E-state index is 0.0632. The zero-order valence-corrected chi connectivity index (χ0v) is 11.8. The predicted octanol–water partition coefficient (Wildman–Crippen LogP) is 2.79. The molecule has 2 rings (SSSR count). The number of aliphatic hydroxyl groups excluding tert-OH is 1. The zero-order chi connectivity index (χ0) is 13.5. The second kappa shape index (κ2) is 7.11. The predicted molar refractivity (Wildman–Crippen MR) is 75.3 cm³/mol. The van der Waals surface area contributed by atoms with Gasteiger partial charge in [-0.05, 0) is 30.3 Å². The van der Waals surface area contributed by atoms with E-state index in [0.717, 1.165) is 10.2 Å². The molecule has 0 aliphatic carbocycles. The number of halogens is 1. The van der Waals surface area contributed by atoms with Gasteiger partial charge in [-0.2, -0.15) is 0 Å². The molecule has 0 fully saturated rings. The van der Waals surface area contributed by atoms with E-state index in [-0.39, 0.29) is 6.61 Å². The van der Waals surface area contributed by atoms with E-state index in [1.54, 1.807) is 18.3 Å². The highest BCUT2D eigenvalue weighted by Gasteiger charge is 1.97. The number of pyridine rings is 1. The molecule has 1 heterocycles. The number of nitrogens with zero attached hydrogens (tertiary/aromatic N) is 1. The summed E-state index contributed by atoms with van der Waals surface area (Å²) in [5.41, 5.74) is 0.623. The van der Waals surface area contributed by atoms with Crippen LogP contribution in [-0.2, 0) is 6.61 Å². The van der Waals surface area contributed by atoms with Gasteiger partial charge < -0.3 is 14.6 Å². The Morgan fingerprint density at radius 1 is 1.05 bits per heavy atom. The van der Waals surface area contributed by atoms with Gasteiger partial charge in [0.1, 0.15) is 24.7 Å². The summed E-state index contributed by atoms with van der Waals surface area (Å²) in [5.74, 6) is 1.46. The third-order valence-electron chi connectivity index (χ3n) is 2.38. The van der Waals surface area contributed by atoms with E-state index in [0.29, 0.717) is 24.7 Å². The molecule has 2 aromatic rings. The number of rotatable bonds is 6. The van der Waals surface area contributed by atoms with Crippen LogP contribution in [0.1, 0.15) is 5.69 Å². The van der Waals surface area contributed by atoms with Gasteiger partial charge in [0.2, 0.25) is 0 Å². The van der Waals surface area contributed by atoms with Crippen LogP contribution in [0, 0.1) is 0 Å². The Morgan fingerprint density at radius 2 is 1.84 bits per heavy atom. The lowest BCUT2D eigenvalue weighted by atomic mass is 10.3. The Morgan fingerprint density at radius 3 is 2.47 bits per heavy atom. The summed E-state index contributed by atoms with van der Waals surface area (Å²) in [6.07, 6.45) is 1.59. The topological polar surface area (TPSA) is 51.6 Å². The van der Waals surface area contributed by atoms with Crippen molar-refractivity contribution in [3.05, 3.63) is 52.8 Å². The minimum Gasteiger partial charge on any atom is -0.490 e. The molecule has 100 valence electrons. The molecule has 0 spiro atoms. The van der Waals surface area contributed by atoms with Crippen molar-refractivity contribution in [3.8, 4) is 11.5 Å². The van der Waals surface area contributed by atoms with Crippen LogP contribution in [0.5, 0.6) is 11.5 Å². The largest absolute Gasteiger partial charge is 0.490 e. The lowest BCUT2D eigenvalue weighted by molar-refractivity contribution is 0.216. The van der Waals surface area contributed by atoms with Crippen LogP contribution in [0.4, 0.5) is 0 Å². The van der Waals surface area contributed by atoms with E-state index in [2.05, 4.69) is 20.9 Å². The molecule has 5 heteroatoms. The van der Waals surface area contributed by atoms with Crippen LogP contribution in [0.25, 0.3) is 0 Å².